The van der Waals surface area contributed by atoms with Gasteiger partial charge in [0.15, 0.2) is 17.2 Å². The zero-order chi connectivity index (χ0) is 23.2. The van der Waals surface area contributed by atoms with Crippen molar-refractivity contribution in [2.24, 2.45) is 0 Å². The van der Waals surface area contributed by atoms with Gasteiger partial charge in [0.05, 0.1) is 22.2 Å². The van der Waals surface area contributed by atoms with Crippen LogP contribution in [0.2, 0.25) is 10.0 Å². The quantitative estimate of drug-likeness (QED) is 0.383. The minimum atomic E-state index is -4.59. The zero-order valence-corrected chi connectivity index (χ0v) is 17.5. The highest BCUT2D eigenvalue weighted by Crippen LogP contribution is 2.35. The van der Waals surface area contributed by atoms with E-state index in [0.717, 1.165) is 22.7 Å². The molecule has 4 rings (SSSR count). The summed E-state index contributed by atoms with van der Waals surface area (Å²) in [4.78, 5) is 8.24. The van der Waals surface area contributed by atoms with E-state index in [9.17, 15) is 17.6 Å². The van der Waals surface area contributed by atoms with Crippen molar-refractivity contribution in [1.29, 1.82) is 0 Å². The molecule has 0 fully saturated rings. The molecule has 3 aromatic heterocycles. The maximum Gasteiger partial charge on any atom is 0.417 e. The van der Waals surface area contributed by atoms with E-state index in [4.69, 9.17) is 37.6 Å². The van der Waals surface area contributed by atoms with Crippen LogP contribution in [0.4, 0.5) is 17.6 Å². The summed E-state index contributed by atoms with van der Waals surface area (Å²) in [5.74, 6) is -1.21. The summed E-state index contributed by atoms with van der Waals surface area (Å²) in [5, 5.41) is 12.5. The first kappa shape index (κ1) is 22.3. The molecular formula is C19H12Cl2F4N4O3. The van der Waals surface area contributed by atoms with E-state index in [1.54, 1.807) is 0 Å². The fourth-order valence-corrected chi connectivity index (χ4v) is 3.31. The van der Waals surface area contributed by atoms with E-state index in [1.165, 1.54) is 19.2 Å². The Balaban J connectivity index is 1.68. The van der Waals surface area contributed by atoms with Crippen LogP contribution in [0.1, 0.15) is 12.5 Å². The monoisotopic (exact) mass is 490 g/mol. The van der Waals surface area contributed by atoms with Gasteiger partial charge in [0.2, 0.25) is 5.82 Å². The number of halogens is 6. The number of pyridine rings is 1. The molecule has 32 heavy (non-hydrogen) atoms. The second kappa shape index (κ2) is 8.23. The smallest absolute Gasteiger partial charge is 0.417 e. The molecule has 4 aromatic rings. The van der Waals surface area contributed by atoms with E-state index in [0.29, 0.717) is 0 Å². The van der Waals surface area contributed by atoms with Gasteiger partial charge in [-0.15, -0.1) is 0 Å². The number of ether oxygens (including phenoxy) is 1. The number of rotatable bonds is 5. The molecule has 0 aliphatic carbocycles. The Morgan fingerprint density at radius 3 is 2.56 bits per heavy atom. The van der Waals surface area contributed by atoms with Crippen LogP contribution in [-0.2, 0) is 6.18 Å². The minimum absolute atomic E-state index is 0.0401. The zero-order valence-electron chi connectivity index (χ0n) is 16.0. The van der Waals surface area contributed by atoms with Gasteiger partial charge in [-0.25, -0.2) is 9.37 Å². The predicted molar refractivity (Wildman–Crippen MR) is 106 cm³/mol. The first-order valence-corrected chi connectivity index (χ1v) is 9.69. The number of aromatic nitrogens is 4. The first-order chi connectivity index (χ1) is 15.1. The van der Waals surface area contributed by atoms with E-state index < -0.39 is 23.7 Å². The van der Waals surface area contributed by atoms with Crippen molar-refractivity contribution >= 4 is 28.8 Å². The molecule has 7 nitrogen and oxygen atoms in total. The molecule has 0 bridgehead atoms. The summed E-state index contributed by atoms with van der Waals surface area (Å²) in [6.45, 7) is 1.20. The van der Waals surface area contributed by atoms with Crippen molar-refractivity contribution in [1.82, 2.24) is 19.5 Å². The third kappa shape index (κ3) is 4.23. The van der Waals surface area contributed by atoms with Crippen molar-refractivity contribution in [3.63, 3.8) is 0 Å². The van der Waals surface area contributed by atoms with Crippen molar-refractivity contribution < 1.29 is 31.9 Å². The molecule has 13 heteroatoms. The minimum Gasteiger partial charge on any atom is -0.484 e. The Kier molecular flexibility index (Phi) is 5.74. The van der Waals surface area contributed by atoms with Crippen molar-refractivity contribution in [3.05, 3.63) is 52.0 Å². The number of aliphatic hydroxyl groups excluding tert-OH is 1. The lowest BCUT2D eigenvalue weighted by Crippen LogP contribution is -2.17. The summed E-state index contributed by atoms with van der Waals surface area (Å²) in [6, 6.07) is 3.17. The Morgan fingerprint density at radius 2 is 1.91 bits per heavy atom. The van der Waals surface area contributed by atoms with Gasteiger partial charge in [-0.2, -0.15) is 18.2 Å². The molecule has 0 aliphatic heterocycles. The highest BCUT2D eigenvalue weighted by Gasteiger charge is 2.32. The van der Waals surface area contributed by atoms with Gasteiger partial charge in [0, 0.05) is 18.0 Å². The van der Waals surface area contributed by atoms with Gasteiger partial charge in [0.25, 0.3) is 5.89 Å². The number of nitrogens with zero attached hydrogens (tertiary/aromatic N) is 4. The molecular weight excluding hydrogens is 479 g/mol. The molecule has 3 heterocycles. The van der Waals surface area contributed by atoms with Crippen LogP contribution >= 0.6 is 23.2 Å². The molecule has 0 saturated carbocycles. The molecule has 0 aliphatic rings. The largest absolute Gasteiger partial charge is 0.484 e. The van der Waals surface area contributed by atoms with Gasteiger partial charge in [-0.1, -0.05) is 28.4 Å². The summed E-state index contributed by atoms with van der Waals surface area (Å²) < 4.78 is 64.9. The number of hydrogen-bond acceptors (Lipinski definition) is 6. The predicted octanol–water partition coefficient (Wildman–Crippen LogP) is 5.28. The number of fused-ring (bicyclic) bond motifs is 1. The SMILES string of the molecule is CC(CO)Oc1c(F)cc(-c2noc(-c3cn4cc(C(F)(F)F)cc(Cl)c4n3)n2)cc1Cl. The lowest BCUT2D eigenvalue weighted by Gasteiger charge is -2.14. The third-order valence-electron chi connectivity index (χ3n) is 4.31. The Hall–Kier alpha value is -2.89. The average molecular weight is 491 g/mol. The second-order valence-corrected chi connectivity index (χ2v) is 7.55. The van der Waals surface area contributed by atoms with Crippen LogP contribution in [0.25, 0.3) is 28.6 Å². The molecule has 1 N–H and O–H groups in total. The third-order valence-corrected chi connectivity index (χ3v) is 4.87. The number of imidazole rings is 1. The van der Waals surface area contributed by atoms with Crippen molar-refractivity contribution in [2.45, 2.75) is 19.2 Å². The van der Waals surface area contributed by atoms with E-state index in [-0.39, 0.29) is 51.0 Å². The van der Waals surface area contributed by atoms with Crippen molar-refractivity contribution in [3.8, 4) is 28.7 Å². The van der Waals surface area contributed by atoms with E-state index >= 15 is 0 Å². The first-order valence-electron chi connectivity index (χ1n) is 8.93. The fraction of sp³-hybridized carbons (Fsp3) is 0.211. The van der Waals surface area contributed by atoms with Gasteiger partial charge < -0.3 is 18.8 Å². The van der Waals surface area contributed by atoms with Crippen LogP contribution in [0.3, 0.4) is 0 Å². The molecule has 0 spiro atoms. The van der Waals surface area contributed by atoms with Crippen LogP contribution < -0.4 is 4.74 Å². The molecule has 1 unspecified atom stereocenters. The van der Waals surface area contributed by atoms with Gasteiger partial charge in [-0.05, 0) is 25.1 Å². The van der Waals surface area contributed by atoms with E-state index in [1.807, 2.05) is 0 Å². The van der Waals surface area contributed by atoms with Gasteiger partial charge in [0.1, 0.15) is 11.8 Å². The standard InChI is InChI=1S/C19H12Cl2F4N4O3/c1-8(7-30)31-15-11(20)2-9(3-13(15)22)16-27-18(32-28-16)14-6-29-5-10(19(23,24)25)4-12(21)17(29)26-14/h2-6,8,30H,7H2,1H3. The molecule has 0 amide bonds. The summed E-state index contributed by atoms with van der Waals surface area (Å²) in [6.07, 6.45) is -3.19. The lowest BCUT2D eigenvalue weighted by molar-refractivity contribution is -0.137. The fourth-order valence-electron chi connectivity index (χ4n) is 2.80. The summed E-state index contributed by atoms with van der Waals surface area (Å²) in [7, 11) is 0. The van der Waals surface area contributed by atoms with Gasteiger partial charge in [-0.3, -0.25) is 0 Å². The lowest BCUT2D eigenvalue weighted by atomic mass is 10.2. The number of benzene rings is 1. The molecule has 0 radical (unpaired) electrons. The van der Waals surface area contributed by atoms with Crippen LogP contribution in [-0.4, -0.2) is 37.3 Å². The second-order valence-electron chi connectivity index (χ2n) is 6.73. The molecule has 168 valence electrons. The molecule has 0 saturated heterocycles. The molecule has 1 aromatic carbocycles. The summed E-state index contributed by atoms with van der Waals surface area (Å²) in [5.41, 5.74) is -0.669. The van der Waals surface area contributed by atoms with Crippen LogP contribution in [0.5, 0.6) is 5.75 Å². The summed E-state index contributed by atoms with van der Waals surface area (Å²) >= 11 is 12.0. The molecule has 1 atom stereocenters. The van der Waals surface area contributed by atoms with Crippen LogP contribution in [0.15, 0.2) is 35.1 Å². The van der Waals surface area contributed by atoms with Crippen molar-refractivity contribution in [2.75, 3.05) is 6.61 Å². The topological polar surface area (TPSA) is 85.7 Å². The van der Waals surface area contributed by atoms with Gasteiger partial charge >= 0.3 is 6.18 Å². The number of aliphatic hydroxyl groups is 1. The van der Waals surface area contributed by atoms with Crippen LogP contribution in [0, 0.1) is 5.82 Å². The number of hydrogen-bond donors (Lipinski definition) is 1. The normalized spacial score (nSPS) is 13.0. The number of alkyl halides is 3. The van der Waals surface area contributed by atoms with E-state index in [2.05, 4.69) is 15.1 Å². The highest BCUT2D eigenvalue weighted by atomic mass is 35.5. The highest BCUT2D eigenvalue weighted by molar-refractivity contribution is 6.33. The average Bonchev–Trinajstić information content (AvgIpc) is 3.37. The Bertz CT molecular complexity index is 1280. The maximum atomic E-state index is 14.4. The Morgan fingerprint density at radius 1 is 1.16 bits per heavy atom. The maximum absolute atomic E-state index is 14.4. The Labute approximate surface area is 187 Å².